The number of fused-ring (bicyclic) bond motifs is 3. The summed E-state index contributed by atoms with van der Waals surface area (Å²) < 4.78 is 0. The second-order valence-electron chi connectivity index (χ2n) is 7.82. The Kier molecular flexibility index (Phi) is 16.3. The first kappa shape index (κ1) is 31.9. The van der Waals surface area contributed by atoms with Crippen LogP contribution < -0.4 is 0 Å². The molecular weight excluding hydrogens is 444 g/mol. The third-order valence-electron chi connectivity index (χ3n) is 4.83. The van der Waals surface area contributed by atoms with Crippen molar-refractivity contribution in [1.29, 1.82) is 0 Å². The fourth-order valence-corrected chi connectivity index (χ4v) is 3.08. The molecule has 0 heterocycles. The quantitative estimate of drug-likeness (QED) is 0.316. The summed E-state index contributed by atoms with van der Waals surface area (Å²) in [7, 11) is 0. The maximum absolute atomic E-state index is 9.60. The molecule has 0 atom stereocenters. The van der Waals surface area contributed by atoms with Gasteiger partial charge in [0.25, 0.3) is 0 Å². The predicted octanol–water partition coefficient (Wildman–Crippen LogP) is 5.10. The first-order chi connectivity index (χ1) is 14.4. The Balaban J connectivity index is 0. The fraction of sp³-hybridized carbons (Fsp3) is 0.440. The van der Waals surface area contributed by atoms with Gasteiger partial charge in [0.1, 0.15) is 0 Å². The molecule has 0 unspecified atom stereocenters. The van der Waals surface area contributed by atoms with Crippen LogP contribution in [0.15, 0.2) is 42.5 Å². The monoisotopic (exact) mass is 479 g/mol. The molecule has 0 aromatic heterocycles. The third-order valence-corrected chi connectivity index (χ3v) is 4.83. The van der Waals surface area contributed by atoms with Crippen LogP contribution in [-0.4, -0.2) is 33.2 Å². The molecule has 0 aliphatic heterocycles. The standard InChI is InChI=1S/C13H17.3C4H6O2.Ti/c1-3-7-12-10(5-1)9-11-6-2-4-8-13(11)12;3*1-3(2)4(5)6;/h9H,1-8H2;3*1H2,2H3,(H,5,6);/q-1;;;;. The van der Waals surface area contributed by atoms with Crippen LogP contribution in [0.4, 0.5) is 0 Å². The van der Waals surface area contributed by atoms with Crippen molar-refractivity contribution < 1.29 is 51.4 Å². The first-order valence-electron chi connectivity index (χ1n) is 10.3. The fourth-order valence-electron chi connectivity index (χ4n) is 3.08. The van der Waals surface area contributed by atoms with E-state index in [0.29, 0.717) is 0 Å². The molecule has 0 radical (unpaired) electrons. The maximum atomic E-state index is 9.60. The van der Waals surface area contributed by atoms with Crippen molar-refractivity contribution in [2.75, 3.05) is 0 Å². The van der Waals surface area contributed by atoms with E-state index >= 15 is 0 Å². The molecule has 3 N–H and O–H groups in total. The van der Waals surface area contributed by atoms with Gasteiger partial charge in [0.2, 0.25) is 0 Å². The van der Waals surface area contributed by atoms with E-state index in [1.807, 2.05) is 0 Å². The number of hydrogen-bond donors (Lipinski definition) is 3. The Morgan fingerprint density at radius 1 is 0.625 bits per heavy atom. The second kappa shape index (κ2) is 16.3. The van der Waals surface area contributed by atoms with E-state index in [4.69, 9.17) is 15.3 Å². The van der Waals surface area contributed by atoms with Gasteiger partial charge >= 0.3 is 17.9 Å². The van der Waals surface area contributed by atoms with Gasteiger partial charge in [0.15, 0.2) is 0 Å². The largest absolute Gasteiger partial charge is 0.478 e. The van der Waals surface area contributed by atoms with Gasteiger partial charge in [0.05, 0.1) is 0 Å². The molecule has 1 aromatic rings. The number of rotatable bonds is 3. The summed E-state index contributed by atoms with van der Waals surface area (Å²) in [6.45, 7) is 13.8. The summed E-state index contributed by atoms with van der Waals surface area (Å²) in [5.41, 5.74) is 7.47. The van der Waals surface area contributed by atoms with E-state index in [1.54, 1.807) is 22.3 Å². The number of carbonyl (C=O) groups is 3. The molecule has 2 aliphatic carbocycles. The van der Waals surface area contributed by atoms with Crippen molar-refractivity contribution in [3.8, 4) is 0 Å². The Bertz CT molecular complexity index is 708. The molecule has 0 saturated carbocycles. The molecule has 6 nitrogen and oxygen atoms in total. The van der Waals surface area contributed by atoms with Crippen LogP contribution in [0.2, 0.25) is 0 Å². The summed E-state index contributed by atoms with van der Waals surface area (Å²) in [6, 6.07) is 2.52. The van der Waals surface area contributed by atoms with Crippen LogP contribution >= 0.6 is 0 Å². The minimum Gasteiger partial charge on any atom is -0.478 e. The Morgan fingerprint density at radius 2 is 0.844 bits per heavy atom. The van der Waals surface area contributed by atoms with Crippen molar-refractivity contribution >= 4 is 17.9 Å². The average molecular weight is 479 g/mol. The zero-order valence-electron chi connectivity index (χ0n) is 19.4. The molecule has 1 aromatic carbocycles. The van der Waals surface area contributed by atoms with Crippen molar-refractivity contribution in [2.24, 2.45) is 0 Å². The average Bonchev–Trinajstić information content (AvgIpc) is 3.08. The molecular formula is C25H35O6Ti-. The Hall–Kier alpha value is -2.31. The van der Waals surface area contributed by atoms with Crippen LogP contribution in [0.3, 0.4) is 0 Å². The zero-order chi connectivity index (χ0) is 24.1. The summed E-state index contributed by atoms with van der Waals surface area (Å²) in [5.74, 6) is -2.81. The van der Waals surface area contributed by atoms with Gasteiger partial charge in [-0.15, -0.1) is 0 Å². The molecule has 0 bridgehead atoms. The molecule has 176 valence electrons. The van der Waals surface area contributed by atoms with Crippen molar-refractivity contribution in [1.82, 2.24) is 0 Å². The molecule has 7 heteroatoms. The van der Waals surface area contributed by atoms with E-state index in [2.05, 4.69) is 25.8 Å². The van der Waals surface area contributed by atoms with E-state index in [9.17, 15) is 14.4 Å². The molecule has 0 fully saturated rings. The maximum Gasteiger partial charge on any atom is 0.330 e. The SMILES string of the molecule is C=C(C)C(=O)O.C=C(C)C(=O)O.C=C(C)C(=O)O.[Ti].[cH-]1c2c(c3c1CCCC3)CCCC2. The smallest absolute Gasteiger partial charge is 0.330 e. The van der Waals surface area contributed by atoms with E-state index in [1.165, 1.54) is 72.1 Å². The van der Waals surface area contributed by atoms with Crippen LogP contribution in [0.5, 0.6) is 0 Å². The third kappa shape index (κ3) is 12.5. The number of aliphatic carboxylic acids is 3. The molecule has 0 amide bonds. The number of carboxylic acid groups (broad SMARTS) is 3. The van der Waals surface area contributed by atoms with Crippen LogP contribution in [0, 0.1) is 0 Å². The molecule has 32 heavy (non-hydrogen) atoms. The van der Waals surface area contributed by atoms with Crippen LogP contribution in [0.25, 0.3) is 0 Å². The minimum atomic E-state index is -0.935. The number of hydrogen-bond acceptors (Lipinski definition) is 3. The van der Waals surface area contributed by atoms with Crippen LogP contribution in [0.1, 0.15) is 68.7 Å². The summed E-state index contributed by atoms with van der Waals surface area (Å²) in [6.07, 6.45) is 11.2. The topological polar surface area (TPSA) is 112 Å². The van der Waals surface area contributed by atoms with E-state index in [-0.39, 0.29) is 38.4 Å². The van der Waals surface area contributed by atoms with Gasteiger partial charge < -0.3 is 15.3 Å². The van der Waals surface area contributed by atoms with Gasteiger partial charge in [0, 0.05) is 38.4 Å². The van der Waals surface area contributed by atoms with Gasteiger partial charge in [-0.2, -0.15) is 28.3 Å². The summed E-state index contributed by atoms with van der Waals surface area (Å²) in [4.78, 5) is 28.8. The van der Waals surface area contributed by atoms with Gasteiger partial charge in [-0.05, 0) is 20.8 Å². The Morgan fingerprint density at radius 3 is 1.06 bits per heavy atom. The molecule has 3 rings (SSSR count). The van der Waals surface area contributed by atoms with Crippen molar-refractivity contribution in [3.63, 3.8) is 0 Å². The normalized spacial score (nSPS) is 12.7. The molecule has 0 spiro atoms. The van der Waals surface area contributed by atoms with Gasteiger partial charge in [-0.1, -0.05) is 71.1 Å². The predicted molar refractivity (Wildman–Crippen MR) is 123 cm³/mol. The van der Waals surface area contributed by atoms with E-state index < -0.39 is 17.9 Å². The molecule has 0 saturated heterocycles. The van der Waals surface area contributed by atoms with Gasteiger partial charge in [-0.3, -0.25) is 0 Å². The van der Waals surface area contributed by atoms with Gasteiger partial charge in [-0.25, -0.2) is 14.4 Å². The number of carboxylic acids is 3. The zero-order valence-corrected chi connectivity index (χ0v) is 21.0. The molecule has 2 aliphatic rings. The summed E-state index contributed by atoms with van der Waals surface area (Å²) >= 11 is 0. The Labute approximate surface area is 206 Å². The van der Waals surface area contributed by atoms with Crippen molar-refractivity contribution in [3.05, 3.63) is 64.8 Å². The minimum absolute atomic E-state index is 0. The first-order valence-corrected chi connectivity index (χ1v) is 10.3. The second-order valence-corrected chi connectivity index (χ2v) is 7.82. The van der Waals surface area contributed by atoms with Crippen LogP contribution in [-0.2, 0) is 61.8 Å². The summed E-state index contributed by atoms with van der Waals surface area (Å²) in [5, 5.41) is 23.7. The van der Waals surface area contributed by atoms with E-state index in [0.717, 1.165) is 0 Å². The van der Waals surface area contributed by atoms with Crippen molar-refractivity contribution in [2.45, 2.75) is 72.1 Å². The number of aryl methyl sites for hydroxylation is 2.